The van der Waals surface area contributed by atoms with Gasteiger partial charge < -0.3 is 9.29 Å². The van der Waals surface area contributed by atoms with Crippen LogP contribution in [0.3, 0.4) is 0 Å². The number of hydrogen-bond acceptors (Lipinski definition) is 5. The summed E-state index contributed by atoms with van der Waals surface area (Å²) in [6.45, 7) is 2.23. The highest BCUT2D eigenvalue weighted by Gasteiger charge is 2.57. The van der Waals surface area contributed by atoms with Crippen molar-refractivity contribution in [2.24, 2.45) is 23.2 Å². The summed E-state index contributed by atoms with van der Waals surface area (Å²) in [6.07, 6.45) is 4.31. The summed E-state index contributed by atoms with van der Waals surface area (Å²) in [6, 6.07) is 5.08. The van der Waals surface area contributed by atoms with Gasteiger partial charge in [0.2, 0.25) is 0 Å². The lowest BCUT2D eigenvalue weighted by Gasteiger charge is -2.53. The number of aliphatic hydroxyl groups is 1. The number of unbranched alkanes of at least 4 members (excludes halogenated alkanes) is 6. The van der Waals surface area contributed by atoms with Gasteiger partial charge >= 0.3 is 22.6 Å². The van der Waals surface area contributed by atoms with Crippen LogP contribution < -0.4 is 4.18 Å². The van der Waals surface area contributed by atoms with Crippen LogP contribution in [-0.2, 0) is 27.7 Å². The second-order valence-corrected chi connectivity index (χ2v) is 16.3. The Bertz CT molecular complexity index is 1270. The monoisotopic (exact) mass is 688 g/mol. The Morgan fingerprint density at radius 3 is 2.27 bits per heavy atom. The number of fused-ring (bicyclic) bond motifs is 5. The molecule has 45 heavy (non-hydrogen) atoms. The van der Waals surface area contributed by atoms with E-state index in [0.717, 1.165) is 82.6 Å². The zero-order chi connectivity index (χ0) is 33.0. The van der Waals surface area contributed by atoms with E-state index in [4.69, 9.17) is 0 Å². The van der Waals surface area contributed by atoms with Crippen LogP contribution in [0, 0.1) is 23.2 Å². The molecule has 3 aliphatic carbocycles. The van der Waals surface area contributed by atoms with Gasteiger partial charge in [0.25, 0.3) is 0 Å². The Balaban J connectivity index is 1.22. The van der Waals surface area contributed by atoms with Gasteiger partial charge in [-0.25, -0.2) is 0 Å². The number of halogens is 6. The maximum atomic E-state index is 13.2. The summed E-state index contributed by atoms with van der Waals surface area (Å²) >= 11 is 0. The quantitative estimate of drug-likeness (QED) is 0.107. The van der Waals surface area contributed by atoms with Gasteiger partial charge in [0.05, 0.1) is 6.10 Å². The fourth-order valence-corrected chi connectivity index (χ4v) is 9.97. The maximum absolute atomic E-state index is 13.2. The molecule has 0 heterocycles. The van der Waals surface area contributed by atoms with E-state index >= 15 is 0 Å². The minimum absolute atomic E-state index is 0.0165. The molecule has 2 saturated carbocycles. The van der Waals surface area contributed by atoms with Crippen molar-refractivity contribution in [3.05, 3.63) is 29.3 Å². The molecule has 1 N–H and O–H groups in total. The van der Waals surface area contributed by atoms with Crippen molar-refractivity contribution < 1.29 is 47.8 Å². The van der Waals surface area contributed by atoms with Crippen LogP contribution in [0.2, 0.25) is 0 Å². The normalized spacial score (nSPS) is 29.1. The molecule has 0 amide bonds. The molecule has 13 heteroatoms. The molecular formula is C32H46F6O5S2. The van der Waals surface area contributed by atoms with E-state index in [9.17, 15) is 43.6 Å². The predicted octanol–water partition coefficient (Wildman–Crippen LogP) is 8.57. The average molecular weight is 689 g/mol. The number of benzene rings is 1. The summed E-state index contributed by atoms with van der Waals surface area (Å²) < 4.78 is 115. The maximum Gasteiger partial charge on any atom is 0.488 e. The number of alkyl halides is 5. The van der Waals surface area contributed by atoms with E-state index in [1.807, 2.05) is 6.07 Å². The molecule has 0 spiro atoms. The van der Waals surface area contributed by atoms with E-state index < -0.39 is 46.2 Å². The van der Waals surface area contributed by atoms with Gasteiger partial charge in [0.15, 0.2) is 0 Å². The molecule has 0 bridgehead atoms. The molecule has 4 unspecified atom stereocenters. The molecule has 258 valence electrons. The van der Waals surface area contributed by atoms with Crippen molar-refractivity contribution in [1.82, 2.24) is 0 Å². The molecule has 1 aromatic carbocycles. The molecule has 0 radical (unpaired) electrons. The van der Waals surface area contributed by atoms with Gasteiger partial charge in [-0.1, -0.05) is 55.4 Å². The largest absolute Gasteiger partial charge is 0.488 e. The first kappa shape index (κ1) is 36.5. The standard InChI is InChI=1S/C32H46F6O5S2/c1-30-17-15-26-25-12-11-24(43-45(38,41)42)21-23(25)20-22(29(26)27(30)13-14-28(30)39)10-7-5-3-2-4-6-8-18-44(40)19-9-16-31(33,34)32(35,36)37/h11-12,21-22,26-29,39H,2-10,13-20H2,1H3/t22-,26-,27+,28?,29?,30?,44?/m1/s1. The lowest BCUT2D eigenvalue weighted by molar-refractivity contribution is -0.284. The third-order valence-electron chi connectivity index (χ3n) is 10.7. The van der Waals surface area contributed by atoms with Gasteiger partial charge in [0, 0.05) is 28.7 Å². The molecule has 3 aliphatic rings. The Hall–Kier alpha value is -1.34. The third kappa shape index (κ3) is 9.18. The van der Waals surface area contributed by atoms with E-state index in [2.05, 4.69) is 11.1 Å². The molecule has 0 aliphatic heterocycles. The fraction of sp³-hybridized carbons (Fsp3) is 0.812. The second kappa shape index (κ2) is 14.8. The van der Waals surface area contributed by atoms with Crippen molar-refractivity contribution in [2.75, 3.05) is 11.5 Å². The van der Waals surface area contributed by atoms with Crippen molar-refractivity contribution in [3.63, 3.8) is 0 Å². The van der Waals surface area contributed by atoms with E-state index in [-0.39, 0.29) is 23.0 Å². The molecule has 0 aromatic heterocycles. The van der Waals surface area contributed by atoms with Gasteiger partial charge in [0.1, 0.15) is 5.75 Å². The van der Waals surface area contributed by atoms with Crippen molar-refractivity contribution in [3.8, 4) is 5.75 Å². The lowest BCUT2D eigenvalue weighted by Crippen LogP contribution is -2.47. The number of rotatable bonds is 16. The Kier molecular flexibility index (Phi) is 12.0. The highest BCUT2D eigenvalue weighted by Crippen LogP contribution is 2.62. The van der Waals surface area contributed by atoms with Crippen molar-refractivity contribution in [2.45, 2.75) is 127 Å². The molecule has 5 nitrogen and oxygen atoms in total. The lowest BCUT2D eigenvalue weighted by atomic mass is 9.52. The van der Waals surface area contributed by atoms with E-state index in [1.54, 1.807) is 6.07 Å². The first-order valence-electron chi connectivity index (χ1n) is 16.3. The summed E-state index contributed by atoms with van der Waals surface area (Å²) in [7, 11) is -6.52. The van der Waals surface area contributed by atoms with Gasteiger partial charge in [-0.15, -0.1) is 0 Å². The average Bonchev–Trinajstić information content (AvgIpc) is 3.24. The summed E-state index contributed by atoms with van der Waals surface area (Å²) in [5, 5.41) is 10.9. The van der Waals surface area contributed by atoms with Crippen LogP contribution in [0.25, 0.3) is 0 Å². The van der Waals surface area contributed by atoms with Crippen LogP contribution in [0.5, 0.6) is 5.75 Å². The Morgan fingerprint density at radius 2 is 1.60 bits per heavy atom. The van der Waals surface area contributed by atoms with Crippen LogP contribution in [-0.4, -0.2) is 47.4 Å². The molecule has 4 rings (SSSR count). The minimum atomic E-state index is -5.57. The molecular weight excluding hydrogens is 642 g/mol. The fourth-order valence-electron chi connectivity index (χ4n) is 8.44. The van der Waals surface area contributed by atoms with E-state index in [1.165, 1.54) is 11.6 Å². The smallest absolute Gasteiger partial charge is 0.393 e. The van der Waals surface area contributed by atoms with Crippen LogP contribution in [0.15, 0.2) is 18.2 Å². The van der Waals surface area contributed by atoms with Crippen LogP contribution in [0.1, 0.15) is 114 Å². The molecule has 7 atom stereocenters. The Labute approximate surface area is 265 Å². The molecule has 2 fully saturated rings. The first-order valence-corrected chi connectivity index (χ1v) is 19.1. The minimum Gasteiger partial charge on any atom is -0.393 e. The van der Waals surface area contributed by atoms with Crippen molar-refractivity contribution in [1.29, 1.82) is 0 Å². The zero-order valence-electron chi connectivity index (χ0n) is 25.8. The predicted molar refractivity (Wildman–Crippen MR) is 162 cm³/mol. The Morgan fingerprint density at radius 1 is 0.956 bits per heavy atom. The summed E-state index contributed by atoms with van der Waals surface area (Å²) in [5.74, 6) is -3.09. The molecule has 0 saturated heterocycles. The van der Waals surface area contributed by atoms with E-state index in [0.29, 0.717) is 35.8 Å². The summed E-state index contributed by atoms with van der Waals surface area (Å²) in [5.41, 5.74) is 2.10. The highest BCUT2D eigenvalue weighted by atomic mass is 32.3. The molecule has 1 aromatic rings. The first-order chi connectivity index (χ1) is 21.0. The third-order valence-corrected chi connectivity index (χ3v) is 12.6. The van der Waals surface area contributed by atoms with Gasteiger partial charge in [-0.3, -0.25) is 4.21 Å². The van der Waals surface area contributed by atoms with Gasteiger partial charge in [-0.05, 0) is 104 Å². The number of hydrogen-bond donors (Lipinski definition) is 1. The SMILES string of the molecule is CC12CC[C@@H]3c4ccc(OS(=O)(=O)F)cc4C[C@@H](CCCCCCCCCS(=O)CCCC(F)(F)C(F)(F)F)C3[C@@H]1CCC2O. The topological polar surface area (TPSA) is 80.7 Å². The second-order valence-electron chi connectivity index (χ2n) is 13.6. The van der Waals surface area contributed by atoms with Crippen molar-refractivity contribution >= 4 is 21.3 Å². The van der Waals surface area contributed by atoms with Gasteiger partial charge in [-0.2, -0.15) is 30.4 Å². The van der Waals surface area contributed by atoms with Crippen LogP contribution in [0.4, 0.5) is 25.8 Å². The van der Waals surface area contributed by atoms with Crippen LogP contribution >= 0.6 is 0 Å². The zero-order valence-corrected chi connectivity index (χ0v) is 27.4. The number of aliphatic hydroxyl groups excluding tert-OH is 1. The summed E-state index contributed by atoms with van der Waals surface area (Å²) in [4.78, 5) is 0. The highest BCUT2D eigenvalue weighted by molar-refractivity contribution is 7.84.